The molecule has 0 spiro atoms. The second-order valence-corrected chi connectivity index (χ2v) is 20.1. The largest absolute Gasteiger partial charge is 0.508 e. The number of rotatable bonds is 12. The van der Waals surface area contributed by atoms with Crippen molar-refractivity contribution in [2.75, 3.05) is 0 Å². The molecule has 4 aromatic carbocycles. The maximum absolute atomic E-state index is 11.8. The Hall–Kier alpha value is -3.72. The van der Waals surface area contributed by atoms with Crippen LogP contribution in [0.1, 0.15) is 244 Å². The molecule has 3 nitrogen and oxygen atoms in total. The standard InChI is InChI=1S/C57H78O3/c1-10-37-28-49(58)43(40-22-16-13-17-23-40)31-46(37)55-52(34(4)5)56(47-32-44(41-24-18-14-19-25-41)50(59)29-38(47)11-2)54(36(8)9)57(53(55)35(6)7)48-33-45(42-26-20-15-21-27-42)51(60)30-39(48)12-3/h28-36,40-42,58-60H,10-27H2,1-9H3. The molecule has 0 aliphatic heterocycles. The molecule has 0 amide bonds. The fourth-order valence-corrected chi connectivity index (χ4v) is 12.2. The molecular weight excluding hydrogens is 733 g/mol. The van der Waals surface area contributed by atoms with Gasteiger partial charge >= 0.3 is 0 Å². The molecule has 4 aromatic rings. The van der Waals surface area contributed by atoms with Crippen molar-refractivity contribution in [3.8, 4) is 50.6 Å². The summed E-state index contributed by atoms with van der Waals surface area (Å²) < 4.78 is 0. The van der Waals surface area contributed by atoms with Crippen molar-refractivity contribution in [3.63, 3.8) is 0 Å². The van der Waals surface area contributed by atoms with E-state index >= 15 is 0 Å². The minimum absolute atomic E-state index is 0.204. The van der Waals surface area contributed by atoms with Crippen LogP contribution in [0.5, 0.6) is 17.2 Å². The zero-order chi connectivity index (χ0) is 42.8. The monoisotopic (exact) mass is 811 g/mol. The predicted molar refractivity (Wildman–Crippen MR) is 256 cm³/mol. The zero-order valence-electron chi connectivity index (χ0n) is 39.0. The normalized spacial score (nSPS) is 17.4. The minimum Gasteiger partial charge on any atom is -0.508 e. The number of hydrogen-bond donors (Lipinski definition) is 3. The Morgan fingerprint density at radius 1 is 0.383 bits per heavy atom. The molecule has 0 saturated heterocycles. The molecule has 3 heteroatoms. The first-order valence-corrected chi connectivity index (χ1v) is 24.7. The van der Waals surface area contributed by atoms with E-state index in [9.17, 15) is 15.3 Å². The molecule has 324 valence electrons. The lowest BCUT2D eigenvalue weighted by Crippen LogP contribution is -2.14. The van der Waals surface area contributed by atoms with Gasteiger partial charge in [-0.25, -0.2) is 0 Å². The van der Waals surface area contributed by atoms with Crippen molar-refractivity contribution in [2.24, 2.45) is 0 Å². The van der Waals surface area contributed by atoms with E-state index < -0.39 is 0 Å². The molecule has 3 aliphatic rings. The Kier molecular flexibility index (Phi) is 14.1. The Morgan fingerprint density at radius 2 is 0.617 bits per heavy atom. The van der Waals surface area contributed by atoms with Gasteiger partial charge in [0.2, 0.25) is 0 Å². The fourth-order valence-electron chi connectivity index (χ4n) is 12.2. The van der Waals surface area contributed by atoms with Gasteiger partial charge in [-0.3, -0.25) is 0 Å². The number of aryl methyl sites for hydroxylation is 3. The van der Waals surface area contributed by atoms with Crippen LogP contribution in [0.15, 0.2) is 36.4 Å². The van der Waals surface area contributed by atoms with Crippen molar-refractivity contribution in [3.05, 3.63) is 86.5 Å². The molecule has 0 unspecified atom stereocenters. The van der Waals surface area contributed by atoms with Gasteiger partial charge in [-0.15, -0.1) is 0 Å². The topological polar surface area (TPSA) is 60.7 Å². The molecule has 7 rings (SSSR count). The van der Waals surface area contributed by atoms with Crippen LogP contribution in [0.25, 0.3) is 33.4 Å². The smallest absolute Gasteiger partial charge is 0.119 e. The van der Waals surface area contributed by atoms with Crippen LogP contribution in [0, 0.1) is 0 Å². The van der Waals surface area contributed by atoms with Crippen LogP contribution in [0.4, 0.5) is 0 Å². The van der Waals surface area contributed by atoms with Gasteiger partial charge in [-0.1, -0.05) is 120 Å². The zero-order valence-corrected chi connectivity index (χ0v) is 39.0. The number of phenolic OH excluding ortho intramolecular Hbond substituents is 3. The third kappa shape index (κ3) is 8.55. The molecule has 0 atom stereocenters. The van der Waals surface area contributed by atoms with Crippen LogP contribution in [0.3, 0.4) is 0 Å². The summed E-state index contributed by atoms with van der Waals surface area (Å²) in [5.41, 5.74) is 19.1. The molecular formula is C57H78O3. The van der Waals surface area contributed by atoms with Gasteiger partial charge in [0.1, 0.15) is 17.2 Å². The maximum atomic E-state index is 11.8. The predicted octanol–water partition coefficient (Wildman–Crippen LogP) is 17.0. The van der Waals surface area contributed by atoms with Gasteiger partial charge in [-0.05, 0) is 213 Å². The molecule has 3 saturated carbocycles. The molecule has 0 aromatic heterocycles. The average molecular weight is 811 g/mol. The van der Waals surface area contributed by atoms with E-state index in [0.717, 1.165) is 74.5 Å². The first kappa shape index (κ1) is 44.3. The highest BCUT2D eigenvalue weighted by atomic mass is 16.3. The molecule has 0 bridgehead atoms. The van der Waals surface area contributed by atoms with Crippen LogP contribution < -0.4 is 0 Å². The highest BCUT2D eigenvalue weighted by Gasteiger charge is 2.35. The molecule has 0 radical (unpaired) electrons. The van der Waals surface area contributed by atoms with Crippen LogP contribution in [-0.4, -0.2) is 15.3 Å². The van der Waals surface area contributed by atoms with Crippen LogP contribution in [0.2, 0.25) is 0 Å². The van der Waals surface area contributed by atoms with Crippen molar-refractivity contribution in [1.82, 2.24) is 0 Å². The van der Waals surface area contributed by atoms with E-state index in [-0.39, 0.29) is 17.8 Å². The van der Waals surface area contributed by atoms with Gasteiger partial charge in [0.15, 0.2) is 0 Å². The molecule has 0 heterocycles. The summed E-state index contributed by atoms with van der Waals surface area (Å²) in [7, 11) is 0. The number of hydrogen-bond acceptors (Lipinski definition) is 3. The summed E-state index contributed by atoms with van der Waals surface area (Å²) in [6, 6.07) is 13.7. The van der Waals surface area contributed by atoms with E-state index in [2.05, 4.69) is 98.7 Å². The number of phenols is 3. The summed E-state index contributed by atoms with van der Waals surface area (Å²) in [4.78, 5) is 0. The summed E-state index contributed by atoms with van der Waals surface area (Å²) >= 11 is 0. The second-order valence-electron chi connectivity index (χ2n) is 20.1. The highest BCUT2D eigenvalue weighted by molar-refractivity contribution is 5.96. The van der Waals surface area contributed by atoms with E-state index in [1.54, 1.807) is 0 Å². The van der Waals surface area contributed by atoms with Gasteiger partial charge in [0.05, 0.1) is 0 Å². The highest BCUT2D eigenvalue weighted by Crippen LogP contribution is 2.56. The fraction of sp³-hybridized carbons (Fsp3) is 0.579. The van der Waals surface area contributed by atoms with E-state index in [4.69, 9.17) is 0 Å². The van der Waals surface area contributed by atoms with Gasteiger partial charge in [0.25, 0.3) is 0 Å². The summed E-state index contributed by atoms with van der Waals surface area (Å²) in [6.45, 7) is 21.2. The number of aromatic hydroxyl groups is 3. The third-order valence-electron chi connectivity index (χ3n) is 15.2. The molecule has 60 heavy (non-hydrogen) atoms. The molecule has 3 fully saturated rings. The summed E-state index contributed by atoms with van der Waals surface area (Å²) in [6.07, 6.45) is 20.4. The Balaban J connectivity index is 1.71. The Bertz CT molecular complexity index is 1870. The lowest BCUT2D eigenvalue weighted by molar-refractivity contribution is 0.414. The quantitative estimate of drug-likeness (QED) is 0.134. The average Bonchev–Trinajstić information content (AvgIpc) is 3.25. The Morgan fingerprint density at radius 3 is 0.817 bits per heavy atom. The Labute approximate surface area is 364 Å². The van der Waals surface area contributed by atoms with Crippen molar-refractivity contribution in [2.45, 2.75) is 213 Å². The van der Waals surface area contributed by atoms with Crippen molar-refractivity contribution in [1.29, 1.82) is 0 Å². The minimum atomic E-state index is 0.204. The van der Waals surface area contributed by atoms with Crippen molar-refractivity contribution < 1.29 is 15.3 Å². The van der Waals surface area contributed by atoms with Crippen LogP contribution in [-0.2, 0) is 19.3 Å². The molecule has 3 N–H and O–H groups in total. The number of benzene rings is 4. The van der Waals surface area contributed by atoms with E-state index in [1.807, 2.05) is 0 Å². The third-order valence-corrected chi connectivity index (χ3v) is 15.2. The van der Waals surface area contributed by atoms with Crippen LogP contribution >= 0.6 is 0 Å². The lowest BCUT2D eigenvalue weighted by atomic mass is 9.69. The van der Waals surface area contributed by atoms with Crippen molar-refractivity contribution >= 4 is 0 Å². The summed E-state index contributed by atoms with van der Waals surface area (Å²) in [5, 5.41) is 35.5. The molecule has 3 aliphatic carbocycles. The maximum Gasteiger partial charge on any atom is 0.119 e. The van der Waals surface area contributed by atoms with E-state index in [0.29, 0.717) is 35.0 Å². The first-order chi connectivity index (χ1) is 28.9. The second kappa shape index (κ2) is 19.1. The lowest BCUT2D eigenvalue weighted by Gasteiger charge is -2.35. The SMILES string of the molecule is CCc1cc(O)c(C2CCCCC2)cc1-c1c(C(C)C)c(-c2cc(C3CCCCC3)c(O)cc2CC)c(C(C)C)c(-c2cc(C3CCCCC3)c(O)cc2CC)c1C(C)C. The first-order valence-electron chi connectivity index (χ1n) is 24.7. The van der Waals surface area contributed by atoms with Gasteiger partial charge < -0.3 is 15.3 Å². The van der Waals surface area contributed by atoms with E-state index in [1.165, 1.54) is 125 Å². The van der Waals surface area contributed by atoms with Gasteiger partial charge in [0, 0.05) is 0 Å². The summed E-state index contributed by atoms with van der Waals surface area (Å²) in [5.74, 6) is 3.11. The van der Waals surface area contributed by atoms with Gasteiger partial charge in [-0.2, -0.15) is 0 Å².